The van der Waals surface area contributed by atoms with Crippen LogP contribution in [0.1, 0.15) is 12.0 Å². The van der Waals surface area contributed by atoms with Gasteiger partial charge in [-0.15, -0.1) is 0 Å². The number of quaternary nitrogens is 1. The molecule has 7 heteroatoms. The second-order valence-corrected chi connectivity index (χ2v) is 6.38. The van der Waals surface area contributed by atoms with Crippen LogP contribution < -0.4 is 32.8 Å². The number of methoxy groups -OCH3 is 2. The summed E-state index contributed by atoms with van der Waals surface area (Å²) in [7, 11) is 3.32. The molecule has 0 saturated carbocycles. The molecule has 0 fully saturated rings. The molecule has 0 atom stereocenters. The first-order valence-corrected chi connectivity index (χ1v) is 9.20. The minimum Gasteiger partial charge on any atom is -1.00 e. The lowest BCUT2D eigenvalue weighted by molar-refractivity contribution is -0.654. The van der Waals surface area contributed by atoms with Gasteiger partial charge in [-0.2, -0.15) is 0 Å². The predicted octanol–water partition coefficient (Wildman–Crippen LogP) is -1.39. The van der Waals surface area contributed by atoms with Gasteiger partial charge in [0.05, 0.1) is 44.5 Å². The van der Waals surface area contributed by atoms with Crippen molar-refractivity contribution in [3.63, 3.8) is 0 Å². The topological polar surface area (TPSA) is 70.0 Å². The van der Waals surface area contributed by atoms with Gasteiger partial charge in [0.1, 0.15) is 0 Å². The van der Waals surface area contributed by atoms with E-state index >= 15 is 0 Å². The average Bonchev–Trinajstić information content (AvgIpc) is 2.71. The average molecular weight is 404 g/mol. The summed E-state index contributed by atoms with van der Waals surface area (Å²) in [4.78, 5) is 16.8. The van der Waals surface area contributed by atoms with Crippen LogP contribution in [0.25, 0.3) is 10.9 Å². The van der Waals surface area contributed by atoms with Crippen molar-refractivity contribution in [3.8, 4) is 11.5 Å². The number of hydrogen-bond acceptors (Lipinski definition) is 4. The molecule has 0 spiro atoms. The van der Waals surface area contributed by atoms with Crippen molar-refractivity contribution in [2.24, 2.45) is 0 Å². The summed E-state index contributed by atoms with van der Waals surface area (Å²) in [5, 5.41) is 2.94. The number of fused-ring (bicyclic) bond motifs is 1. The Hall–Kier alpha value is -2.57. The molecular weight excluding hydrogens is 378 g/mol. The lowest BCUT2D eigenvalue weighted by Gasteiger charge is -2.12. The normalized spacial score (nSPS) is 10.5. The minimum atomic E-state index is 0. The third-order valence-corrected chi connectivity index (χ3v) is 4.64. The standard InChI is InChI=1S/C21H25N3O3.ClH/c1-26-19-10-5-7-16(20(19)27-2)11-13-22-12-6-14-24-15-23-18-9-4-3-8-17(18)21(24)25;/h3-5,7-10,15,22H,6,11-14H2,1-2H3;1H. The lowest BCUT2D eigenvalue weighted by Crippen LogP contribution is -3.00. The van der Waals surface area contributed by atoms with Crippen molar-refractivity contribution in [2.45, 2.75) is 19.4 Å². The second-order valence-electron chi connectivity index (χ2n) is 6.38. The van der Waals surface area contributed by atoms with Gasteiger partial charge in [-0.25, -0.2) is 4.98 Å². The molecule has 0 aliphatic heterocycles. The number of benzene rings is 2. The van der Waals surface area contributed by atoms with E-state index in [0.717, 1.165) is 48.5 Å². The van der Waals surface area contributed by atoms with E-state index in [1.54, 1.807) is 25.1 Å². The van der Waals surface area contributed by atoms with Gasteiger partial charge in [0, 0.05) is 24.9 Å². The number of aryl methyl sites for hydroxylation is 1. The molecule has 6 nitrogen and oxygen atoms in total. The fourth-order valence-electron chi connectivity index (χ4n) is 3.22. The first-order chi connectivity index (χ1) is 13.2. The van der Waals surface area contributed by atoms with Gasteiger partial charge < -0.3 is 27.2 Å². The van der Waals surface area contributed by atoms with Crippen LogP contribution in [0, 0.1) is 0 Å². The summed E-state index contributed by atoms with van der Waals surface area (Å²) >= 11 is 0. The smallest absolute Gasteiger partial charge is 0.261 e. The summed E-state index contributed by atoms with van der Waals surface area (Å²) in [5.41, 5.74) is 1.92. The second kappa shape index (κ2) is 10.7. The molecule has 150 valence electrons. The highest BCUT2D eigenvalue weighted by atomic mass is 35.5. The molecule has 2 N–H and O–H groups in total. The molecule has 28 heavy (non-hydrogen) atoms. The van der Waals surface area contributed by atoms with E-state index in [1.165, 1.54) is 0 Å². The van der Waals surface area contributed by atoms with Crippen molar-refractivity contribution < 1.29 is 27.2 Å². The minimum absolute atomic E-state index is 0. The summed E-state index contributed by atoms with van der Waals surface area (Å²) in [5.74, 6) is 1.57. The molecule has 0 radical (unpaired) electrons. The van der Waals surface area contributed by atoms with Gasteiger partial charge in [0.25, 0.3) is 5.56 Å². The number of para-hydroxylation sites is 2. The zero-order valence-corrected chi connectivity index (χ0v) is 17.0. The number of ether oxygens (including phenoxy) is 2. The van der Waals surface area contributed by atoms with E-state index in [-0.39, 0.29) is 18.0 Å². The number of hydrogen-bond donors (Lipinski definition) is 1. The number of nitrogens with two attached hydrogens (primary N) is 1. The molecular formula is C21H26ClN3O3. The number of nitrogens with zero attached hydrogens (tertiary/aromatic N) is 2. The fraction of sp³-hybridized carbons (Fsp3) is 0.333. The van der Waals surface area contributed by atoms with Crippen molar-refractivity contribution in [2.75, 3.05) is 27.3 Å². The number of rotatable bonds is 9. The van der Waals surface area contributed by atoms with Gasteiger partial charge in [0.2, 0.25) is 0 Å². The molecule has 3 aromatic rings. The van der Waals surface area contributed by atoms with Gasteiger partial charge in [-0.05, 0) is 18.2 Å². The van der Waals surface area contributed by atoms with E-state index in [1.807, 2.05) is 36.4 Å². The van der Waals surface area contributed by atoms with E-state index in [4.69, 9.17) is 9.47 Å². The zero-order valence-electron chi connectivity index (χ0n) is 16.2. The number of aromatic nitrogens is 2. The Labute approximate surface area is 170 Å². The molecule has 0 saturated heterocycles. The van der Waals surface area contributed by atoms with Crippen LogP contribution in [0.15, 0.2) is 53.6 Å². The van der Waals surface area contributed by atoms with Crippen LogP contribution in [0.3, 0.4) is 0 Å². The van der Waals surface area contributed by atoms with E-state index in [2.05, 4.69) is 16.4 Å². The third kappa shape index (κ3) is 5.03. The highest BCUT2D eigenvalue weighted by Gasteiger charge is 2.09. The Balaban J connectivity index is 0.00000280. The predicted molar refractivity (Wildman–Crippen MR) is 106 cm³/mol. The maximum Gasteiger partial charge on any atom is 0.261 e. The number of halogens is 1. The summed E-state index contributed by atoms with van der Waals surface area (Å²) in [6, 6.07) is 13.4. The van der Waals surface area contributed by atoms with E-state index < -0.39 is 0 Å². The van der Waals surface area contributed by atoms with E-state index in [9.17, 15) is 4.79 Å². The molecule has 0 unspecified atom stereocenters. The highest BCUT2D eigenvalue weighted by molar-refractivity contribution is 5.76. The first kappa shape index (κ1) is 21.7. The summed E-state index contributed by atoms with van der Waals surface area (Å²) in [6.07, 6.45) is 3.46. The largest absolute Gasteiger partial charge is 1.00 e. The van der Waals surface area contributed by atoms with Gasteiger partial charge in [-0.1, -0.05) is 24.3 Å². The van der Waals surface area contributed by atoms with E-state index in [0.29, 0.717) is 11.9 Å². The van der Waals surface area contributed by atoms with Gasteiger partial charge in [-0.3, -0.25) is 9.36 Å². The van der Waals surface area contributed by atoms with Crippen LogP contribution in [0.4, 0.5) is 0 Å². The summed E-state index contributed by atoms with van der Waals surface area (Å²) in [6.45, 7) is 2.58. The van der Waals surface area contributed by atoms with Gasteiger partial charge in [0.15, 0.2) is 11.5 Å². The van der Waals surface area contributed by atoms with Gasteiger partial charge >= 0.3 is 0 Å². The van der Waals surface area contributed by atoms with Crippen LogP contribution in [0.2, 0.25) is 0 Å². The molecule has 0 amide bonds. The maximum absolute atomic E-state index is 12.5. The SMILES string of the molecule is COc1cccc(CC[NH2+]CCCn2cnc3ccccc3c2=O)c1OC.[Cl-]. The first-order valence-electron chi connectivity index (χ1n) is 9.20. The monoisotopic (exact) mass is 403 g/mol. The Morgan fingerprint density at radius 2 is 1.86 bits per heavy atom. The summed E-state index contributed by atoms with van der Waals surface area (Å²) < 4.78 is 12.5. The quantitative estimate of drug-likeness (QED) is 0.447. The Kier molecular flexibility index (Phi) is 8.29. The lowest BCUT2D eigenvalue weighted by atomic mass is 10.1. The van der Waals surface area contributed by atoms with Crippen molar-refractivity contribution in [1.29, 1.82) is 0 Å². The Bertz CT molecular complexity index is 959. The molecule has 0 aliphatic carbocycles. The third-order valence-electron chi connectivity index (χ3n) is 4.64. The fourth-order valence-corrected chi connectivity index (χ4v) is 3.22. The molecule has 2 aromatic carbocycles. The Morgan fingerprint density at radius 1 is 1.04 bits per heavy atom. The van der Waals surface area contributed by atoms with Crippen molar-refractivity contribution in [3.05, 3.63) is 64.7 Å². The highest BCUT2D eigenvalue weighted by Crippen LogP contribution is 2.30. The Morgan fingerprint density at radius 3 is 2.64 bits per heavy atom. The molecule has 0 aliphatic rings. The molecule has 1 heterocycles. The van der Waals surface area contributed by atoms with Crippen molar-refractivity contribution in [1.82, 2.24) is 9.55 Å². The van der Waals surface area contributed by atoms with Crippen LogP contribution >= 0.6 is 0 Å². The maximum atomic E-state index is 12.5. The van der Waals surface area contributed by atoms with Crippen LogP contribution in [-0.2, 0) is 13.0 Å². The van der Waals surface area contributed by atoms with Crippen LogP contribution in [-0.4, -0.2) is 36.9 Å². The molecule has 0 bridgehead atoms. The van der Waals surface area contributed by atoms with Crippen LogP contribution in [0.5, 0.6) is 11.5 Å². The molecule has 1 aromatic heterocycles. The van der Waals surface area contributed by atoms with Crippen molar-refractivity contribution >= 4 is 10.9 Å². The molecule has 3 rings (SSSR count). The zero-order chi connectivity index (χ0) is 19.1.